The van der Waals surface area contributed by atoms with E-state index in [9.17, 15) is 4.79 Å². The minimum absolute atomic E-state index is 0.139. The van der Waals surface area contributed by atoms with Crippen molar-refractivity contribution < 1.29 is 9.59 Å². The highest BCUT2D eigenvalue weighted by Crippen LogP contribution is 2.05. The molecule has 0 spiro atoms. The van der Waals surface area contributed by atoms with Crippen LogP contribution < -0.4 is 0 Å². The zero-order chi connectivity index (χ0) is 7.91. The van der Waals surface area contributed by atoms with Crippen LogP contribution in [-0.4, -0.2) is 12.6 Å². The fraction of sp³-hybridized carbons (Fsp3) is 0.714. The first kappa shape index (κ1) is 11.2. The number of rotatable bonds is 0. The molecule has 0 rings (SSSR count). The fourth-order valence-corrected chi connectivity index (χ4v) is 0. The molecule has 9 heavy (non-hydrogen) atoms. The first-order valence-corrected chi connectivity index (χ1v) is 2.84. The molecule has 0 unspecified atom stereocenters. The van der Waals surface area contributed by atoms with E-state index in [4.69, 9.17) is 4.79 Å². The number of hydrogen-bond donors (Lipinski definition) is 0. The third-order valence-electron chi connectivity index (χ3n) is 0.354. The van der Waals surface area contributed by atoms with E-state index in [1.165, 1.54) is 6.92 Å². The lowest BCUT2D eigenvalue weighted by Gasteiger charge is -2.03. The minimum Gasteiger partial charge on any atom is -0.304 e. The number of carbonyl (C=O) groups excluding carboxylic acids is 2. The molecule has 0 fully saturated rings. The average molecular weight is 130 g/mol. The van der Waals surface area contributed by atoms with Gasteiger partial charge in [-0.1, -0.05) is 20.8 Å². The molecule has 0 aliphatic heterocycles. The SMILES string of the molecule is CC(C)(C)C=O.CC=O. The Morgan fingerprint density at radius 2 is 1.22 bits per heavy atom. The predicted octanol–water partition coefficient (Wildman–Crippen LogP) is 1.44. The summed E-state index contributed by atoms with van der Waals surface area (Å²) in [4.78, 5) is 18.6. The zero-order valence-corrected chi connectivity index (χ0v) is 6.47. The van der Waals surface area contributed by atoms with E-state index in [0.29, 0.717) is 0 Å². The van der Waals surface area contributed by atoms with Crippen LogP contribution in [0.3, 0.4) is 0 Å². The van der Waals surface area contributed by atoms with E-state index in [1.807, 2.05) is 20.8 Å². The molecule has 0 bridgehead atoms. The van der Waals surface area contributed by atoms with Crippen LogP contribution in [0.5, 0.6) is 0 Å². The van der Waals surface area contributed by atoms with Crippen LogP contribution in [0.4, 0.5) is 0 Å². The molecular weight excluding hydrogens is 116 g/mol. The maximum atomic E-state index is 9.83. The minimum atomic E-state index is -0.139. The molecule has 54 valence electrons. The van der Waals surface area contributed by atoms with Gasteiger partial charge in [0.1, 0.15) is 12.6 Å². The molecule has 2 heteroatoms. The van der Waals surface area contributed by atoms with Gasteiger partial charge < -0.3 is 9.59 Å². The lowest BCUT2D eigenvalue weighted by molar-refractivity contribution is -0.114. The van der Waals surface area contributed by atoms with E-state index >= 15 is 0 Å². The number of aldehydes is 2. The lowest BCUT2D eigenvalue weighted by atomic mass is 10.0. The molecule has 0 amide bonds. The highest BCUT2D eigenvalue weighted by Gasteiger charge is 2.04. The quantitative estimate of drug-likeness (QED) is 0.465. The molecule has 0 aromatic rings. The van der Waals surface area contributed by atoms with Crippen molar-refractivity contribution in [1.29, 1.82) is 0 Å². The molecule has 2 nitrogen and oxygen atoms in total. The van der Waals surface area contributed by atoms with Crippen LogP contribution in [0.15, 0.2) is 0 Å². The van der Waals surface area contributed by atoms with Crippen LogP contribution in [-0.2, 0) is 9.59 Å². The van der Waals surface area contributed by atoms with Crippen LogP contribution in [0, 0.1) is 5.41 Å². The van der Waals surface area contributed by atoms with Crippen molar-refractivity contribution in [2.45, 2.75) is 27.7 Å². The Hall–Kier alpha value is -0.660. The van der Waals surface area contributed by atoms with E-state index in [0.717, 1.165) is 12.6 Å². The second-order valence-electron chi connectivity index (χ2n) is 2.72. The van der Waals surface area contributed by atoms with Crippen molar-refractivity contribution >= 4 is 12.6 Å². The van der Waals surface area contributed by atoms with Crippen molar-refractivity contribution in [2.24, 2.45) is 5.41 Å². The van der Waals surface area contributed by atoms with E-state index < -0.39 is 0 Å². The zero-order valence-electron chi connectivity index (χ0n) is 6.47. The number of hydrogen-bond acceptors (Lipinski definition) is 2. The molecule has 0 heterocycles. The summed E-state index contributed by atoms with van der Waals surface area (Å²) in [5.74, 6) is 0. The van der Waals surface area contributed by atoms with Crippen molar-refractivity contribution in [2.75, 3.05) is 0 Å². The molecule has 0 atom stereocenters. The van der Waals surface area contributed by atoms with Crippen molar-refractivity contribution in [3.8, 4) is 0 Å². The average Bonchev–Trinajstić information content (AvgIpc) is 1.67. The number of carbonyl (C=O) groups is 2. The van der Waals surface area contributed by atoms with Crippen LogP contribution in [0.1, 0.15) is 27.7 Å². The normalized spacial score (nSPS) is 8.89. The Bertz CT molecular complexity index is 79.4. The first-order chi connectivity index (χ1) is 3.97. The van der Waals surface area contributed by atoms with Gasteiger partial charge in [-0.3, -0.25) is 0 Å². The van der Waals surface area contributed by atoms with Gasteiger partial charge in [-0.15, -0.1) is 0 Å². The molecule has 0 N–H and O–H groups in total. The molecule has 0 aromatic heterocycles. The Labute approximate surface area is 56.3 Å². The third-order valence-corrected chi connectivity index (χ3v) is 0.354. The highest BCUT2D eigenvalue weighted by atomic mass is 16.1. The van der Waals surface area contributed by atoms with Crippen molar-refractivity contribution in [3.05, 3.63) is 0 Å². The summed E-state index contributed by atoms with van der Waals surface area (Å²) >= 11 is 0. The second-order valence-corrected chi connectivity index (χ2v) is 2.72. The third kappa shape index (κ3) is 38.2. The first-order valence-electron chi connectivity index (χ1n) is 2.84. The summed E-state index contributed by atoms with van der Waals surface area (Å²) < 4.78 is 0. The van der Waals surface area contributed by atoms with Gasteiger partial charge in [0.2, 0.25) is 0 Å². The van der Waals surface area contributed by atoms with Crippen molar-refractivity contribution in [3.63, 3.8) is 0 Å². The Balaban J connectivity index is 0. The standard InChI is InChI=1S/C5H10O.C2H4O/c1-5(2,3)4-6;1-2-3/h4H,1-3H3;2H,1H3. The Morgan fingerprint density at radius 1 is 1.11 bits per heavy atom. The summed E-state index contributed by atoms with van der Waals surface area (Å²) in [7, 11) is 0. The van der Waals surface area contributed by atoms with Gasteiger partial charge in [0.15, 0.2) is 0 Å². The fourth-order valence-electron chi connectivity index (χ4n) is 0. The highest BCUT2D eigenvalue weighted by molar-refractivity contribution is 5.56. The van der Waals surface area contributed by atoms with Gasteiger partial charge in [0.05, 0.1) is 0 Å². The van der Waals surface area contributed by atoms with Gasteiger partial charge in [-0.25, -0.2) is 0 Å². The molecule has 0 aliphatic rings. The van der Waals surface area contributed by atoms with E-state index in [2.05, 4.69) is 0 Å². The summed E-state index contributed by atoms with van der Waals surface area (Å²) in [5, 5.41) is 0. The van der Waals surface area contributed by atoms with Crippen molar-refractivity contribution in [1.82, 2.24) is 0 Å². The Morgan fingerprint density at radius 3 is 1.22 bits per heavy atom. The summed E-state index contributed by atoms with van der Waals surface area (Å²) in [6.07, 6.45) is 1.69. The molecule has 0 radical (unpaired) electrons. The van der Waals surface area contributed by atoms with E-state index in [-0.39, 0.29) is 5.41 Å². The molecular formula is C7H14O2. The maximum absolute atomic E-state index is 9.83. The van der Waals surface area contributed by atoms with Crippen LogP contribution in [0.2, 0.25) is 0 Å². The predicted molar refractivity (Wildman–Crippen MR) is 37.3 cm³/mol. The summed E-state index contributed by atoms with van der Waals surface area (Å²) in [5.41, 5.74) is -0.139. The molecule has 0 aliphatic carbocycles. The van der Waals surface area contributed by atoms with E-state index in [1.54, 1.807) is 0 Å². The van der Waals surface area contributed by atoms with Gasteiger partial charge in [0.25, 0.3) is 0 Å². The van der Waals surface area contributed by atoms with Gasteiger partial charge in [0, 0.05) is 5.41 Å². The second kappa shape index (κ2) is 5.48. The molecule has 0 saturated carbocycles. The monoisotopic (exact) mass is 130 g/mol. The smallest absolute Gasteiger partial charge is 0.125 e. The maximum Gasteiger partial charge on any atom is 0.125 e. The lowest BCUT2D eigenvalue weighted by Crippen LogP contribution is -2.04. The molecule has 0 saturated heterocycles. The molecule has 0 aromatic carbocycles. The summed E-state index contributed by atoms with van der Waals surface area (Å²) in [6.45, 7) is 7.07. The van der Waals surface area contributed by atoms with Crippen LogP contribution in [0.25, 0.3) is 0 Å². The topological polar surface area (TPSA) is 34.1 Å². The van der Waals surface area contributed by atoms with Crippen LogP contribution >= 0.6 is 0 Å². The summed E-state index contributed by atoms with van der Waals surface area (Å²) in [6, 6.07) is 0. The van der Waals surface area contributed by atoms with Gasteiger partial charge in [-0.05, 0) is 6.92 Å². The largest absolute Gasteiger partial charge is 0.304 e. The van der Waals surface area contributed by atoms with Gasteiger partial charge >= 0.3 is 0 Å². The Kier molecular flexibility index (Phi) is 6.80. The van der Waals surface area contributed by atoms with Gasteiger partial charge in [-0.2, -0.15) is 0 Å².